The Morgan fingerprint density at radius 2 is 0.980 bits per heavy atom. The minimum atomic E-state index is -5.38. The molecule has 0 unspecified atom stereocenters. The molecule has 3 aromatic rings. The Kier molecular flexibility index (Phi) is 11.5. The lowest BCUT2D eigenvalue weighted by molar-refractivity contribution is -0.141. The van der Waals surface area contributed by atoms with Crippen molar-refractivity contribution in [2.24, 2.45) is 0 Å². The predicted molar refractivity (Wildman–Crippen MR) is 171 cm³/mol. The standard InChI is InChI=1S/C37H28F4O8/c1-19(2)33(42)46-25-14-9-23(10-15-25)11-18-27-30(38)32(49-36(45)22(7)8)28(24-12-16-26(17-13-24)47-34(43)20(3)4)29(37(39,40)41)31(27)48-35(44)21(5)6/h9-10,12-17H,1,3,5,7H2,2,4,6,8H3. The summed E-state index contributed by atoms with van der Waals surface area (Å²) >= 11 is 0. The molecule has 0 heterocycles. The number of alkyl halides is 3. The first-order chi connectivity index (χ1) is 22.8. The molecule has 8 nitrogen and oxygen atoms in total. The molecule has 0 saturated heterocycles. The molecule has 0 aliphatic rings. The van der Waals surface area contributed by atoms with Crippen LogP contribution in [0.5, 0.6) is 23.0 Å². The van der Waals surface area contributed by atoms with Crippen LogP contribution in [0.3, 0.4) is 0 Å². The number of halogens is 4. The highest BCUT2D eigenvalue weighted by molar-refractivity contribution is 5.94. The lowest BCUT2D eigenvalue weighted by Crippen LogP contribution is -2.20. The molecule has 0 fully saturated rings. The van der Waals surface area contributed by atoms with Crippen molar-refractivity contribution in [1.29, 1.82) is 0 Å². The molecular formula is C37H28F4O8. The molecule has 12 heteroatoms. The monoisotopic (exact) mass is 676 g/mol. The lowest BCUT2D eigenvalue weighted by Gasteiger charge is -2.22. The minimum absolute atomic E-state index is 0.0438. The highest BCUT2D eigenvalue weighted by atomic mass is 19.4. The van der Waals surface area contributed by atoms with Gasteiger partial charge in [0, 0.05) is 33.4 Å². The summed E-state index contributed by atoms with van der Waals surface area (Å²) in [5, 5.41) is 0. The molecule has 3 aromatic carbocycles. The van der Waals surface area contributed by atoms with Crippen molar-refractivity contribution in [1.82, 2.24) is 0 Å². The number of ether oxygens (including phenoxy) is 4. The predicted octanol–water partition coefficient (Wildman–Crippen LogP) is 7.84. The Morgan fingerprint density at radius 1 is 0.592 bits per heavy atom. The van der Waals surface area contributed by atoms with E-state index in [1.165, 1.54) is 45.0 Å². The van der Waals surface area contributed by atoms with Gasteiger partial charge in [0.05, 0.1) is 0 Å². The fourth-order valence-corrected chi connectivity index (χ4v) is 3.71. The van der Waals surface area contributed by atoms with Gasteiger partial charge in [-0.3, -0.25) is 0 Å². The number of esters is 4. The number of benzene rings is 3. The van der Waals surface area contributed by atoms with Crippen molar-refractivity contribution in [3.63, 3.8) is 0 Å². The van der Waals surface area contributed by atoms with E-state index in [9.17, 15) is 19.2 Å². The van der Waals surface area contributed by atoms with Crippen LogP contribution in [0.15, 0.2) is 97.1 Å². The maximum atomic E-state index is 16.5. The van der Waals surface area contributed by atoms with Gasteiger partial charge in [-0.05, 0) is 69.7 Å². The van der Waals surface area contributed by atoms with Gasteiger partial charge in [-0.1, -0.05) is 50.3 Å². The van der Waals surface area contributed by atoms with Crippen LogP contribution in [0.2, 0.25) is 0 Å². The summed E-state index contributed by atoms with van der Waals surface area (Å²) in [7, 11) is 0. The van der Waals surface area contributed by atoms with Crippen LogP contribution in [0.4, 0.5) is 17.6 Å². The fourth-order valence-electron chi connectivity index (χ4n) is 3.71. The molecule has 0 bridgehead atoms. The normalized spacial score (nSPS) is 10.5. The summed E-state index contributed by atoms with van der Waals surface area (Å²) in [4.78, 5) is 49.0. The summed E-state index contributed by atoms with van der Waals surface area (Å²) in [5.74, 6) is -3.50. The first-order valence-corrected chi connectivity index (χ1v) is 14.0. The van der Waals surface area contributed by atoms with E-state index in [2.05, 4.69) is 38.2 Å². The van der Waals surface area contributed by atoms with Gasteiger partial charge in [0.15, 0.2) is 17.3 Å². The van der Waals surface area contributed by atoms with E-state index in [0.717, 1.165) is 31.2 Å². The van der Waals surface area contributed by atoms with Gasteiger partial charge in [0.1, 0.15) is 22.6 Å². The minimum Gasteiger partial charge on any atom is -0.423 e. The van der Waals surface area contributed by atoms with Gasteiger partial charge in [-0.15, -0.1) is 0 Å². The molecular weight excluding hydrogens is 648 g/mol. The van der Waals surface area contributed by atoms with Gasteiger partial charge in [0.25, 0.3) is 0 Å². The molecule has 0 atom stereocenters. The quantitative estimate of drug-likeness (QED) is 0.0743. The SMILES string of the molecule is C=C(C)C(=O)Oc1ccc(C#Cc2c(F)c(OC(=O)C(=C)C)c(-c3ccc(OC(=O)C(=C)C)cc3)c(C(F)(F)F)c2OC(=O)C(=C)C)cc1. The van der Waals surface area contributed by atoms with Crippen molar-refractivity contribution in [3.05, 3.63) is 120 Å². The fraction of sp³-hybridized carbons (Fsp3) is 0.135. The van der Waals surface area contributed by atoms with Crippen LogP contribution in [-0.2, 0) is 25.4 Å². The van der Waals surface area contributed by atoms with Gasteiger partial charge >= 0.3 is 30.1 Å². The average molecular weight is 677 g/mol. The van der Waals surface area contributed by atoms with Gasteiger partial charge in [-0.25, -0.2) is 23.6 Å². The van der Waals surface area contributed by atoms with Crippen molar-refractivity contribution < 1.29 is 55.7 Å². The highest BCUT2D eigenvalue weighted by Gasteiger charge is 2.43. The Bertz CT molecular complexity index is 1970. The third-order valence-electron chi connectivity index (χ3n) is 6.17. The molecule has 0 aliphatic carbocycles. The zero-order valence-electron chi connectivity index (χ0n) is 26.7. The van der Waals surface area contributed by atoms with Crippen LogP contribution in [0, 0.1) is 17.7 Å². The molecule has 0 N–H and O–H groups in total. The van der Waals surface area contributed by atoms with Crippen LogP contribution in [0.1, 0.15) is 44.4 Å². The van der Waals surface area contributed by atoms with E-state index in [1.807, 2.05) is 0 Å². The number of carbonyl (C=O) groups is 4. The van der Waals surface area contributed by atoms with Crippen LogP contribution >= 0.6 is 0 Å². The first kappa shape index (κ1) is 37.2. The zero-order chi connectivity index (χ0) is 36.8. The Labute approximate surface area is 278 Å². The maximum absolute atomic E-state index is 16.5. The van der Waals surface area contributed by atoms with Crippen molar-refractivity contribution in [2.75, 3.05) is 0 Å². The number of carbonyl (C=O) groups excluding carboxylic acids is 4. The molecule has 0 amide bonds. The highest BCUT2D eigenvalue weighted by Crippen LogP contribution is 2.51. The second kappa shape index (κ2) is 15.1. The molecule has 252 valence electrons. The number of rotatable bonds is 9. The van der Waals surface area contributed by atoms with Crippen molar-refractivity contribution in [2.45, 2.75) is 33.9 Å². The van der Waals surface area contributed by atoms with Crippen molar-refractivity contribution in [3.8, 4) is 46.0 Å². The van der Waals surface area contributed by atoms with E-state index in [4.69, 9.17) is 18.9 Å². The molecule has 0 saturated carbocycles. The lowest BCUT2D eigenvalue weighted by atomic mass is 9.93. The Balaban J connectivity index is 2.39. The smallest absolute Gasteiger partial charge is 0.420 e. The van der Waals surface area contributed by atoms with Crippen molar-refractivity contribution >= 4 is 23.9 Å². The second-order valence-corrected chi connectivity index (χ2v) is 10.6. The molecule has 0 spiro atoms. The zero-order valence-corrected chi connectivity index (χ0v) is 26.7. The van der Waals surface area contributed by atoms with Crippen LogP contribution in [0.25, 0.3) is 11.1 Å². The largest absolute Gasteiger partial charge is 0.423 e. The van der Waals surface area contributed by atoms with Gasteiger partial charge in [-0.2, -0.15) is 13.2 Å². The molecule has 49 heavy (non-hydrogen) atoms. The maximum Gasteiger partial charge on any atom is 0.420 e. The summed E-state index contributed by atoms with van der Waals surface area (Å²) in [6.45, 7) is 18.9. The summed E-state index contributed by atoms with van der Waals surface area (Å²) in [6, 6.07) is 9.62. The third kappa shape index (κ3) is 9.20. The molecule has 0 aromatic heterocycles. The summed E-state index contributed by atoms with van der Waals surface area (Å²) in [6.07, 6.45) is -5.38. The van der Waals surface area contributed by atoms with Crippen LogP contribution < -0.4 is 18.9 Å². The molecule has 0 radical (unpaired) electrons. The summed E-state index contributed by atoms with van der Waals surface area (Å²) < 4.78 is 82.1. The van der Waals surface area contributed by atoms with E-state index >= 15 is 17.6 Å². The van der Waals surface area contributed by atoms with Crippen LogP contribution in [-0.4, -0.2) is 23.9 Å². The van der Waals surface area contributed by atoms with E-state index in [1.54, 1.807) is 0 Å². The summed E-state index contributed by atoms with van der Waals surface area (Å²) in [5.41, 5.74) is -4.52. The van der Waals surface area contributed by atoms with E-state index < -0.39 is 64.1 Å². The Morgan fingerprint density at radius 3 is 1.39 bits per heavy atom. The van der Waals surface area contributed by atoms with E-state index in [-0.39, 0.29) is 44.9 Å². The number of hydrogen-bond donors (Lipinski definition) is 0. The average Bonchev–Trinajstić information content (AvgIpc) is 3.02. The topological polar surface area (TPSA) is 105 Å². The molecule has 3 rings (SSSR count). The first-order valence-electron chi connectivity index (χ1n) is 14.0. The third-order valence-corrected chi connectivity index (χ3v) is 6.17. The second-order valence-electron chi connectivity index (χ2n) is 10.6. The Hall–Kier alpha value is -6.22. The molecule has 0 aliphatic heterocycles. The number of hydrogen-bond acceptors (Lipinski definition) is 8. The van der Waals surface area contributed by atoms with Gasteiger partial charge in [0.2, 0.25) is 0 Å². The van der Waals surface area contributed by atoms with Gasteiger partial charge < -0.3 is 18.9 Å². The van der Waals surface area contributed by atoms with E-state index in [0.29, 0.717) is 0 Å².